The Balaban J connectivity index is 0.00000128. The first-order valence-corrected chi connectivity index (χ1v) is 4.37. The molecule has 0 unspecified atom stereocenters. The molecule has 7 heteroatoms. The van der Waals surface area contributed by atoms with Crippen LogP contribution in [0.5, 0.6) is 0 Å². The van der Waals surface area contributed by atoms with Crippen LogP contribution in [0, 0.1) is 0 Å². The van der Waals surface area contributed by atoms with Gasteiger partial charge in [0.15, 0.2) is 0 Å². The van der Waals surface area contributed by atoms with E-state index in [1.165, 1.54) is 12.3 Å². The summed E-state index contributed by atoms with van der Waals surface area (Å²) in [5.74, 6) is 0. The largest absolute Gasteiger partial charge is 1.00 e. The molecule has 1 N–H and O–H groups in total. The van der Waals surface area contributed by atoms with E-state index in [4.69, 9.17) is 0 Å². The fraction of sp³-hybridized carbons (Fsp3) is 0. The van der Waals surface area contributed by atoms with Crippen LogP contribution in [0.15, 0.2) is 36.5 Å². The molecule has 2 rings (SSSR count). The zero-order chi connectivity index (χ0) is 10.9. The molecule has 16 heavy (non-hydrogen) atoms. The molecule has 0 saturated carbocycles. The van der Waals surface area contributed by atoms with Crippen molar-refractivity contribution >= 4 is 12.4 Å². The average molecular weight is 250 g/mol. The van der Waals surface area contributed by atoms with Gasteiger partial charge in [0.05, 0.1) is 5.69 Å². The van der Waals surface area contributed by atoms with Gasteiger partial charge in [-0.25, -0.2) is 0 Å². The average Bonchev–Trinajstić information content (AvgIpc) is 2.69. The minimum absolute atomic E-state index is 0. The van der Waals surface area contributed by atoms with Crippen LogP contribution in [0.3, 0.4) is 0 Å². The van der Waals surface area contributed by atoms with Crippen molar-refractivity contribution in [2.45, 2.75) is 0 Å². The van der Waals surface area contributed by atoms with Gasteiger partial charge in [0.1, 0.15) is 0 Å². The fourth-order valence-corrected chi connectivity index (χ4v) is 1.33. The van der Waals surface area contributed by atoms with E-state index in [-0.39, 0.29) is 51.4 Å². The van der Waals surface area contributed by atoms with Gasteiger partial charge in [0.2, 0.25) is 0 Å². The van der Waals surface area contributed by atoms with Crippen LogP contribution >= 0.6 is 0 Å². The third-order valence-corrected chi connectivity index (χ3v) is 2.08. The Bertz CT molecular complexity index is 456. The number of aromatic nitrogens is 2. The van der Waals surface area contributed by atoms with E-state index in [0.29, 0.717) is 11.3 Å². The normalized spacial score (nSPS) is 10.9. The molecule has 0 spiro atoms. The van der Waals surface area contributed by atoms with Gasteiger partial charge in [-0.2, -0.15) is 5.10 Å². The summed E-state index contributed by atoms with van der Waals surface area (Å²) in [5, 5.41) is 6.31. The Morgan fingerprint density at radius 2 is 1.88 bits per heavy atom. The Morgan fingerprint density at radius 1 is 1.12 bits per heavy atom. The first-order chi connectivity index (χ1) is 7.07. The quantitative estimate of drug-likeness (QED) is 0.690. The molecule has 78 valence electrons. The smallest absolute Gasteiger partial charge is 0.445 e. The summed E-state index contributed by atoms with van der Waals surface area (Å²) in [4.78, 5) is 0. The number of nitrogens with zero attached hydrogens (tertiary/aromatic N) is 1. The number of rotatable bonds is 2. The van der Waals surface area contributed by atoms with Crippen LogP contribution in [0.1, 0.15) is 0 Å². The van der Waals surface area contributed by atoms with Crippen molar-refractivity contribution in [3.05, 3.63) is 36.5 Å². The number of halogens is 3. The maximum atomic E-state index is 12.4. The van der Waals surface area contributed by atoms with Crippen molar-refractivity contribution in [2.75, 3.05) is 0 Å². The fourth-order valence-electron chi connectivity index (χ4n) is 1.33. The molecule has 1 aromatic heterocycles. The zero-order valence-electron chi connectivity index (χ0n) is 8.62. The van der Waals surface area contributed by atoms with Gasteiger partial charge in [-0.05, 0) is 11.6 Å². The van der Waals surface area contributed by atoms with Gasteiger partial charge >= 0.3 is 58.4 Å². The van der Waals surface area contributed by atoms with E-state index >= 15 is 0 Å². The van der Waals surface area contributed by atoms with E-state index < -0.39 is 12.4 Å². The van der Waals surface area contributed by atoms with Gasteiger partial charge < -0.3 is 12.9 Å². The van der Waals surface area contributed by atoms with Crippen LogP contribution in [-0.2, 0) is 0 Å². The second kappa shape index (κ2) is 5.50. The zero-order valence-corrected chi connectivity index (χ0v) is 11.7. The molecule has 2 nitrogen and oxygen atoms in total. The van der Waals surface area contributed by atoms with Crippen molar-refractivity contribution in [1.29, 1.82) is 0 Å². The third kappa shape index (κ3) is 3.21. The minimum atomic E-state index is -4.94. The number of benzene rings is 1. The predicted molar refractivity (Wildman–Crippen MR) is 52.7 cm³/mol. The molecular weight excluding hydrogens is 243 g/mol. The van der Waals surface area contributed by atoms with E-state index in [1.807, 2.05) is 0 Å². The molecule has 0 amide bonds. The van der Waals surface area contributed by atoms with Gasteiger partial charge in [0, 0.05) is 6.20 Å². The number of hydrogen-bond acceptors (Lipinski definition) is 1. The summed E-state index contributed by atoms with van der Waals surface area (Å²) < 4.78 is 37.3. The molecule has 0 radical (unpaired) electrons. The number of hydrogen-bond donors (Lipinski definition) is 1. The van der Waals surface area contributed by atoms with Crippen LogP contribution in [0.2, 0.25) is 0 Å². The third-order valence-electron chi connectivity index (χ3n) is 2.08. The van der Waals surface area contributed by atoms with Crippen molar-refractivity contribution in [1.82, 2.24) is 10.2 Å². The Hall–Kier alpha value is -0.0787. The molecule has 0 aliphatic heterocycles. The predicted octanol–water partition coefficient (Wildman–Crippen LogP) is -0.865. The molecule has 0 aliphatic rings. The SMILES string of the molecule is F[B-](F)(F)c1cccc(-c2ccn[nH]2)c1.[K+]. The van der Waals surface area contributed by atoms with E-state index in [9.17, 15) is 12.9 Å². The second-order valence-electron chi connectivity index (χ2n) is 3.17. The molecule has 1 aromatic carbocycles. The molecule has 0 fully saturated rings. The molecular formula is C9H7BF3KN2. The summed E-state index contributed by atoms with van der Waals surface area (Å²) in [7, 11) is 0. The van der Waals surface area contributed by atoms with E-state index in [1.54, 1.807) is 12.1 Å². The van der Waals surface area contributed by atoms with Crippen LogP contribution in [0.4, 0.5) is 12.9 Å². The van der Waals surface area contributed by atoms with E-state index in [0.717, 1.165) is 12.1 Å². The maximum absolute atomic E-state index is 12.4. The molecule has 2 aromatic rings. The van der Waals surface area contributed by atoms with Crippen LogP contribution < -0.4 is 56.8 Å². The summed E-state index contributed by atoms with van der Waals surface area (Å²) >= 11 is 0. The summed E-state index contributed by atoms with van der Waals surface area (Å²) in [6, 6.07) is 6.81. The molecule has 0 bridgehead atoms. The number of H-pyrrole nitrogens is 1. The van der Waals surface area contributed by atoms with E-state index in [2.05, 4.69) is 10.2 Å². The van der Waals surface area contributed by atoms with Crippen LogP contribution in [0.25, 0.3) is 11.3 Å². The monoisotopic (exact) mass is 250 g/mol. The van der Waals surface area contributed by atoms with Gasteiger partial charge in [-0.1, -0.05) is 24.3 Å². The topological polar surface area (TPSA) is 28.7 Å². The van der Waals surface area contributed by atoms with Crippen molar-refractivity contribution in [2.24, 2.45) is 0 Å². The van der Waals surface area contributed by atoms with Gasteiger partial charge in [0.25, 0.3) is 0 Å². The summed E-state index contributed by atoms with van der Waals surface area (Å²) in [6.45, 7) is -4.94. The Kier molecular flexibility index (Phi) is 4.81. The van der Waals surface area contributed by atoms with Gasteiger partial charge in [-0.3, -0.25) is 5.10 Å². The molecule has 0 atom stereocenters. The minimum Gasteiger partial charge on any atom is -0.445 e. The molecule has 1 heterocycles. The molecule has 0 saturated heterocycles. The maximum Gasteiger partial charge on any atom is 1.00 e. The van der Waals surface area contributed by atoms with Crippen LogP contribution in [-0.4, -0.2) is 17.2 Å². The number of nitrogens with one attached hydrogen (secondary N) is 1. The van der Waals surface area contributed by atoms with Gasteiger partial charge in [-0.15, -0.1) is 5.46 Å². The van der Waals surface area contributed by atoms with Crippen molar-refractivity contribution in [3.8, 4) is 11.3 Å². The first kappa shape index (κ1) is 14.0. The molecule has 0 aliphatic carbocycles. The first-order valence-electron chi connectivity index (χ1n) is 4.37. The standard InChI is InChI=1S/C9H7BF3N2.K/c11-10(12,13)8-3-1-2-7(6-8)9-4-5-14-15-9;/h1-6H,(H,14,15);/q-1;+1. The summed E-state index contributed by atoms with van der Waals surface area (Å²) in [6.07, 6.45) is 1.50. The Labute approximate surface area is 133 Å². The Morgan fingerprint density at radius 3 is 2.44 bits per heavy atom. The second-order valence-corrected chi connectivity index (χ2v) is 3.17. The summed E-state index contributed by atoms with van der Waals surface area (Å²) in [5.41, 5.74) is 0.475. The van der Waals surface area contributed by atoms with Crippen molar-refractivity contribution in [3.63, 3.8) is 0 Å². The number of aromatic amines is 1. The van der Waals surface area contributed by atoms with Crippen molar-refractivity contribution < 1.29 is 64.3 Å².